The van der Waals surface area contributed by atoms with Crippen LogP contribution in [0.25, 0.3) is 0 Å². The van der Waals surface area contributed by atoms with Crippen molar-refractivity contribution in [2.24, 2.45) is 5.41 Å². The number of carbonyl (C=O) groups is 1. The lowest BCUT2D eigenvalue weighted by molar-refractivity contribution is 0.218. The molecule has 0 aliphatic carbocycles. The summed E-state index contributed by atoms with van der Waals surface area (Å²) < 4.78 is 7.08. The third-order valence-electron chi connectivity index (χ3n) is 3.52. The van der Waals surface area contributed by atoms with Gasteiger partial charge in [0.15, 0.2) is 0 Å². The molecule has 7 heteroatoms. The molecule has 2 heterocycles. The van der Waals surface area contributed by atoms with Crippen molar-refractivity contribution in [3.63, 3.8) is 0 Å². The number of aromatic nitrogens is 3. The Kier molecular flexibility index (Phi) is 5.20. The van der Waals surface area contributed by atoms with Crippen LogP contribution >= 0.6 is 0 Å². The first kappa shape index (κ1) is 16.8. The van der Waals surface area contributed by atoms with Gasteiger partial charge in [0.05, 0.1) is 19.5 Å². The van der Waals surface area contributed by atoms with Crippen LogP contribution in [0, 0.1) is 5.41 Å². The molecule has 2 rings (SSSR count). The maximum Gasteiger partial charge on any atom is 0.319 e. The molecule has 1 atom stereocenters. The summed E-state index contributed by atoms with van der Waals surface area (Å²) >= 11 is 0. The van der Waals surface area contributed by atoms with Crippen molar-refractivity contribution in [2.75, 3.05) is 12.4 Å². The summed E-state index contributed by atoms with van der Waals surface area (Å²) in [5, 5.41) is 5.79. The summed E-state index contributed by atoms with van der Waals surface area (Å²) in [6.07, 6.45) is 6.95. The number of carbonyl (C=O) groups excluding carboxylic acids is 1. The van der Waals surface area contributed by atoms with Crippen LogP contribution in [0.4, 0.5) is 10.5 Å². The highest BCUT2D eigenvalue weighted by molar-refractivity contribution is 5.90. The van der Waals surface area contributed by atoms with Gasteiger partial charge in [0.25, 0.3) is 0 Å². The number of hydrogen-bond donors (Lipinski definition) is 2. The Morgan fingerprint density at radius 2 is 2.17 bits per heavy atom. The van der Waals surface area contributed by atoms with Crippen LogP contribution in [0.3, 0.4) is 0 Å². The van der Waals surface area contributed by atoms with E-state index in [1.54, 1.807) is 30.9 Å². The molecule has 0 saturated carbocycles. The molecule has 0 spiro atoms. The van der Waals surface area contributed by atoms with Crippen molar-refractivity contribution in [3.05, 3.63) is 37.1 Å². The van der Waals surface area contributed by atoms with Gasteiger partial charge >= 0.3 is 6.03 Å². The first-order chi connectivity index (χ1) is 10.9. The highest BCUT2D eigenvalue weighted by Gasteiger charge is 2.26. The Bertz CT molecular complexity index is 634. The van der Waals surface area contributed by atoms with Crippen molar-refractivity contribution in [1.29, 1.82) is 0 Å². The number of pyridine rings is 1. The molecule has 23 heavy (non-hydrogen) atoms. The number of rotatable bonds is 5. The summed E-state index contributed by atoms with van der Waals surface area (Å²) in [7, 11) is 1.52. The normalized spacial score (nSPS) is 12.5. The van der Waals surface area contributed by atoms with Crippen LogP contribution in [0.5, 0.6) is 5.88 Å². The molecule has 2 aromatic heterocycles. The van der Waals surface area contributed by atoms with E-state index in [9.17, 15) is 4.79 Å². The Morgan fingerprint density at radius 1 is 1.39 bits per heavy atom. The van der Waals surface area contributed by atoms with Gasteiger partial charge in [-0.3, -0.25) is 0 Å². The number of imidazole rings is 1. The molecule has 7 nitrogen and oxygen atoms in total. The van der Waals surface area contributed by atoms with Crippen LogP contribution in [-0.2, 0) is 6.54 Å². The molecule has 2 N–H and O–H groups in total. The Labute approximate surface area is 136 Å². The molecule has 0 aromatic carbocycles. The second kappa shape index (κ2) is 7.13. The molecule has 0 fully saturated rings. The third kappa shape index (κ3) is 4.70. The van der Waals surface area contributed by atoms with E-state index in [0.29, 0.717) is 18.1 Å². The van der Waals surface area contributed by atoms with Crippen molar-refractivity contribution in [2.45, 2.75) is 33.4 Å². The first-order valence-corrected chi connectivity index (χ1v) is 7.42. The zero-order valence-corrected chi connectivity index (χ0v) is 13.9. The molecule has 0 aliphatic rings. The second-order valence-electron chi connectivity index (χ2n) is 6.34. The lowest BCUT2D eigenvalue weighted by Crippen LogP contribution is -2.47. The minimum Gasteiger partial charge on any atom is -0.480 e. The molecular formula is C16H23N5O2. The van der Waals surface area contributed by atoms with Gasteiger partial charge in [0, 0.05) is 25.1 Å². The van der Waals surface area contributed by atoms with E-state index in [1.165, 1.54) is 7.11 Å². The number of ether oxygens (including phenoxy) is 1. The SMILES string of the molecule is COc1ncccc1NC(=O)NC(Cn1ccnc1)C(C)(C)C. The van der Waals surface area contributed by atoms with Crippen LogP contribution in [0.2, 0.25) is 0 Å². The van der Waals surface area contributed by atoms with Crippen LogP contribution in [0.15, 0.2) is 37.1 Å². The second-order valence-corrected chi connectivity index (χ2v) is 6.34. The molecular weight excluding hydrogens is 294 g/mol. The number of urea groups is 1. The molecule has 2 amide bonds. The Balaban J connectivity index is 2.05. The lowest BCUT2D eigenvalue weighted by Gasteiger charge is -2.31. The van der Waals surface area contributed by atoms with Gasteiger partial charge < -0.3 is 19.9 Å². The van der Waals surface area contributed by atoms with E-state index in [4.69, 9.17) is 4.74 Å². The van der Waals surface area contributed by atoms with E-state index >= 15 is 0 Å². The highest BCUT2D eigenvalue weighted by Crippen LogP contribution is 2.22. The quantitative estimate of drug-likeness (QED) is 0.888. The first-order valence-electron chi connectivity index (χ1n) is 7.42. The number of hydrogen-bond acceptors (Lipinski definition) is 4. The standard InChI is InChI=1S/C16H23N5O2/c1-16(2,3)13(10-21-9-8-17-11-21)20-15(22)19-12-6-5-7-18-14(12)23-4/h5-9,11,13H,10H2,1-4H3,(H2,19,20,22). The number of methoxy groups -OCH3 is 1. The van der Waals surface area contributed by atoms with Crippen LogP contribution < -0.4 is 15.4 Å². The van der Waals surface area contributed by atoms with E-state index < -0.39 is 0 Å². The Morgan fingerprint density at radius 3 is 2.78 bits per heavy atom. The summed E-state index contributed by atoms with van der Waals surface area (Å²) in [4.78, 5) is 20.4. The van der Waals surface area contributed by atoms with E-state index in [-0.39, 0.29) is 17.5 Å². The maximum atomic E-state index is 12.3. The predicted molar refractivity (Wildman–Crippen MR) is 88.4 cm³/mol. The number of amides is 2. The minimum atomic E-state index is -0.295. The largest absolute Gasteiger partial charge is 0.480 e. The Hall–Kier alpha value is -2.57. The van der Waals surface area contributed by atoms with E-state index in [2.05, 4.69) is 41.4 Å². The topological polar surface area (TPSA) is 81.1 Å². The molecule has 2 aromatic rings. The fraction of sp³-hybridized carbons (Fsp3) is 0.438. The van der Waals surface area contributed by atoms with Crippen LogP contribution in [0.1, 0.15) is 20.8 Å². The smallest absolute Gasteiger partial charge is 0.319 e. The van der Waals surface area contributed by atoms with E-state index in [0.717, 1.165) is 0 Å². The average molecular weight is 317 g/mol. The van der Waals surface area contributed by atoms with Gasteiger partial charge in [-0.2, -0.15) is 0 Å². The minimum absolute atomic E-state index is 0.0700. The molecule has 124 valence electrons. The molecule has 0 aliphatic heterocycles. The molecule has 1 unspecified atom stereocenters. The van der Waals surface area contributed by atoms with E-state index in [1.807, 2.05) is 10.8 Å². The van der Waals surface area contributed by atoms with Crippen molar-refractivity contribution >= 4 is 11.7 Å². The zero-order valence-electron chi connectivity index (χ0n) is 13.9. The fourth-order valence-corrected chi connectivity index (χ4v) is 2.11. The van der Waals surface area contributed by atoms with Gasteiger partial charge in [-0.1, -0.05) is 20.8 Å². The molecule has 0 radical (unpaired) electrons. The number of nitrogens with one attached hydrogen (secondary N) is 2. The number of nitrogens with zero attached hydrogens (tertiary/aromatic N) is 3. The lowest BCUT2D eigenvalue weighted by atomic mass is 9.86. The summed E-state index contributed by atoms with van der Waals surface area (Å²) in [6.45, 7) is 6.89. The fourth-order valence-electron chi connectivity index (χ4n) is 2.11. The summed E-state index contributed by atoms with van der Waals surface area (Å²) in [6, 6.07) is 3.12. The van der Waals surface area contributed by atoms with Crippen molar-refractivity contribution in [1.82, 2.24) is 19.9 Å². The monoisotopic (exact) mass is 317 g/mol. The summed E-state index contributed by atoms with van der Waals surface area (Å²) in [5.41, 5.74) is 0.420. The predicted octanol–water partition coefficient (Wildman–Crippen LogP) is 2.52. The third-order valence-corrected chi connectivity index (χ3v) is 3.52. The van der Waals surface area contributed by atoms with Crippen molar-refractivity contribution < 1.29 is 9.53 Å². The van der Waals surface area contributed by atoms with Crippen molar-refractivity contribution in [3.8, 4) is 5.88 Å². The maximum absolute atomic E-state index is 12.3. The average Bonchev–Trinajstić information content (AvgIpc) is 2.99. The van der Waals surface area contributed by atoms with Crippen LogP contribution in [-0.4, -0.2) is 33.7 Å². The van der Waals surface area contributed by atoms with Gasteiger partial charge in [-0.25, -0.2) is 14.8 Å². The van der Waals surface area contributed by atoms with Gasteiger partial charge in [-0.05, 0) is 17.5 Å². The number of anilines is 1. The highest BCUT2D eigenvalue weighted by atomic mass is 16.5. The zero-order chi connectivity index (χ0) is 16.9. The van der Waals surface area contributed by atoms with Gasteiger partial charge in [0.1, 0.15) is 5.69 Å². The molecule has 0 bridgehead atoms. The molecule has 0 saturated heterocycles. The van der Waals surface area contributed by atoms with Gasteiger partial charge in [0.2, 0.25) is 5.88 Å². The summed E-state index contributed by atoms with van der Waals surface area (Å²) in [5.74, 6) is 0.379. The van der Waals surface area contributed by atoms with Gasteiger partial charge in [-0.15, -0.1) is 0 Å².